The summed E-state index contributed by atoms with van der Waals surface area (Å²) in [7, 11) is 0. The highest BCUT2D eigenvalue weighted by molar-refractivity contribution is 6.04. The van der Waals surface area contributed by atoms with Gasteiger partial charge in [0.25, 0.3) is 11.5 Å². The lowest BCUT2D eigenvalue weighted by Crippen LogP contribution is -2.42. The van der Waals surface area contributed by atoms with Crippen LogP contribution in [0.15, 0.2) is 83.7 Å². The molecule has 1 aromatic heterocycles. The molecule has 156 valence electrons. The lowest BCUT2D eigenvalue weighted by atomic mass is 10.1. The molecular formula is C22H15F3N4O2. The lowest BCUT2D eigenvalue weighted by Gasteiger charge is -2.18. The SMILES string of the molecule is NN(C(=O)c1nc2ccccc2n(-c2cccc(C(F)(F)F)c2)c1=O)c1ccccc1. The second-order valence-corrected chi connectivity index (χ2v) is 6.65. The van der Waals surface area contributed by atoms with Gasteiger partial charge in [-0.3, -0.25) is 14.2 Å². The van der Waals surface area contributed by atoms with E-state index in [0.717, 1.165) is 21.7 Å². The van der Waals surface area contributed by atoms with Gasteiger partial charge >= 0.3 is 6.18 Å². The highest BCUT2D eigenvalue weighted by atomic mass is 19.4. The van der Waals surface area contributed by atoms with Gasteiger partial charge in [-0.2, -0.15) is 13.2 Å². The van der Waals surface area contributed by atoms with E-state index in [1.54, 1.807) is 48.5 Å². The summed E-state index contributed by atoms with van der Waals surface area (Å²) in [5, 5.41) is 0.773. The van der Waals surface area contributed by atoms with Crippen LogP contribution in [0.4, 0.5) is 18.9 Å². The molecule has 0 aliphatic heterocycles. The van der Waals surface area contributed by atoms with Crippen LogP contribution in [0.5, 0.6) is 0 Å². The van der Waals surface area contributed by atoms with E-state index in [1.807, 2.05) is 0 Å². The van der Waals surface area contributed by atoms with E-state index in [-0.39, 0.29) is 16.7 Å². The van der Waals surface area contributed by atoms with Gasteiger partial charge in [-0.1, -0.05) is 36.4 Å². The topological polar surface area (TPSA) is 81.2 Å². The standard InChI is InChI=1S/C22H15F3N4O2/c23-22(24,25)14-7-6-10-16(13-14)28-18-12-5-4-11-17(18)27-19(20(28)30)21(31)29(26)15-8-2-1-3-9-15/h1-13H,26H2. The zero-order chi connectivity index (χ0) is 22.2. The minimum absolute atomic E-state index is 0.0456. The molecule has 9 heteroatoms. The summed E-state index contributed by atoms with van der Waals surface area (Å²) in [4.78, 5) is 30.4. The van der Waals surface area contributed by atoms with Crippen molar-refractivity contribution in [2.75, 3.05) is 5.01 Å². The van der Waals surface area contributed by atoms with Gasteiger partial charge in [0, 0.05) is 5.69 Å². The van der Waals surface area contributed by atoms with Gasteiger partial charge < -0.3 is 0 Å². The van der Waals surface area contributed by atoms with E-state index in [4.69, 9.17) is 5.84 Å². The summed E-state index contributed by atoms with van der Waals surface area (Å²) >= 11 is 0. The molecule has 4 aromatic rings. The lowest BCUT2D eigenvalue weighted by molar-refractivity contribution is -0.137. The number of rotatable bonds is 3. The second-order valence-electron chi connectivity index (χ2n) is 6.65. The maximum Gasteiger partial charge on any atom is 0.416 e. The fraction of sp³-hybridized carbons (Fsp3) is 0.0455. The third-order valence-electron chi connectivity index (χ3n) is 4.65. The zero-order valence-corrected chi connectivity index (χ0v) is 15.9. The van der Waals surface area contributed by atoms with E-state index in [9.17, 15) is 22.8 Å². The number of nitrogens with zero attached hydrogens (tertiary/aromatic N) is 3. The summed E-state index contributed by atoms with van der Waals surface area (Å²) in [6, 6.07) is 18.9. The van der Waals surface area contributed by atoms with Crippen LogP contribution in [0.3, 0.4) is 0 Å². The number of benzene rings is 3. The van der Waals surface area contributed by atoms with Crippen molar-refractivity contribution in [3.8, 4) is 5.69 Å². The summed E-state index contributed by atoms with van der Waals surface area (Å²) in [5.41, 5.74) is -1.52. The second kappa shape index (κ2) is 7.69. The van der Waals surface area contributed by atoms with Gasteiger partial charge in [0.1, 0.15) is 0 Å². The molecule has 6 nitrogen and oxygen atoms in total. The van der Waals surface area contributed by atoms with Gasteiger partial charge in [0.2, 0.25) is 0 Å². The Morgan fingerprint density at radius 2 is 1.61 bits per heavy atom. The molecule has 1 heterocycles. The van der Waals surface area contributed by atoms with Crippen LogP contribution in [-0.4, -0.2) is 15.5 Å². The number of carbonyl (C=O) groups is 1. The largest absolute Gasteiger partial charge is 0.416 e. The molecule has 0 saturated carbocycles. The van der Waals surface area contributed by atoms with Crippen LogP contribution >= 0.6 is 0 Å². The van der Waals surface area contributed by atoms with Crippen LogP contribution in [0.1, 0.15) is 16.1 Å². The van der Waals surface area contributed by atoms with E-state index < -0.39 is 28.9 Å². The maximum atomic E-state index is 13.2. The maximum absolute atomic E-state index is 13.2. The normalized spacial score (nSPS) is 11.5. The molecule has 0 radical (unpaired) electrons. The molecule has 0 unspecified atom stereocenters. The molecule has 1 amide bonds. The van der Waals surface area contributed by atoms with Crippen molar-refractivity contribution >= 4 is 22.6 Å². The molecule has 0 saturated heterocycles. The fourth-order valence-electron chi connectivity index (χ4n) is 3.17. The first kappa shape index (κ1) is 20.3. The van der Waals surface area contributed by atoms with Gasteiger partial charge in [-0.05, 0) is 42.5 Å². The van der Waals surface area contributed by atoms with Crippen LogP contribution in [0.2, 0.25) is 0 Å². The van der Waals surface area contributed by atoms with Gasteiger partial charge in [-0.25, -0.2) is 15.8 Å². The molecule has 31 heavy (non-hydrogen) atoms. The number of hydrazine groups is 1. The molecule has 0 fully saturated rings. The first-order valence-corrected chi connectivity index (χ1v) is 9.11. The van der Waals surface area contributed by atoms with E-state index in [1.165, 1.54) is 18.2 Å². The van der Waals surface area contributed by atoms with Crippen molar-refractivity contribution in [3.05, 3.63) is 100 Å². The predicted octanol–water partition coefficient (Wildman–Crippen LogP) is 3.93. The summed E-state index contributed by atoms with van der Waals surface area (Å²) in [6.45, 7) is 0. The third-order valence-corrected chi connectivity index (χ3v) is 4.65. The average Bonchev–Trinajstić information content (AvgIpc) is 2.78. The Hall–Kier alpha value is -3.98. The van der Waals surface area contributed by atoms with Crippen molar-refractivity contribution in [2.45, 2.75) is 6.18 Å². The average molecular weight is 424 g/mol. The Morgan fingerprint density at radius 1 is 0.935 bits per heavy atom. The Bertz CT molecular complexity index is 1330. The van der Waals surface area contributed by atoms with Gasteiger partial charge in [0.15, 0.2) is 5.69 Å². The number of alkyl halides is 3. The number of aromatic nitrogens is 2. The first-order chi connectivity index (χ1) is 14.8. The number of hydrogen-bond donors (Lipinski definition) is 1. The molecule has 0 aliphatic carbocycles. The molecule has 0 spiro atoms. The summed E-state index contributed by atoms with van der Waals surface area (Å²) in [6.07, 6.45) is -4.59. The Morgan fingerprint density at radius 3 is 2.32 bits per heavy atom. The van der Waals surface area contributed by atoms with Gasteiger partial charge in [-0.15, -0.1) is 0 Å². The number of amides is 1. The van der Waals surface area contributed by atoms with Gasteiger partial charge in [0.05, 0.1) is 22.3 Å². The molecule has 0 aliphatic rings. The van der Waals surface area contributed by atoms with Crippen LogP contribution < -0.4 is 16.4 Å². The van der Waals surface area contributed by atoms with E-state index >= 15 is 0 Å². The van der Waals surface area contributed by atoms with Crippen molar-refractivity contribution in [2.24, 2.45) is 5.84 Å². The Labute approximate surface area is 173 Å². The van der Waals surface area contributed by atoms with Crippen molar-refractivity contribution < 1.29 is 18.0 Å². The first-order valence-electron chi connectivity index (χ1n) is 9.11. The zero-order valence-electron chi connectivity index (χ0n) is 15.9. The molecule has 3 aromatic carbocycles. The monoisotopic (exact) mass is 424 g/mol. The van der Waals surface area contributed by atoms with Crippen molar-refractivity contribution in [1.82, 2.24) is 9.55 Å². The minimum Gasteiger partial charge on any atom is -0.273 e. The smallest absolute Gasteiger partial charge is 0.273 e. The van der Waals surface area contributed by atoms with Crippen molar-refractivity contribution in [3.63, 3.8) is 0 Å². The fourth-order valence-corrected chi connectivity index (χ4v) is 3.17. The summed E-state index contributed by atoms with van der Waals surface area (Å²) < 4.78 is 40.7. The summed E-state index contributed by atoms with van der Waals surface area (Å²) in [5.74, 6) is 5.01. The van der Waals surface area contributed by atoms with Crippen molar-refractivity contribution in [1.29, 1.82) is 0 Å². The molecule has 4 rings (SSSR count). The Kier molecular flexibility index (Phi) is 5.04. The molecule has 0 atom stereocenters. The number of anilines is 1. The number of para-hydroxylation sites is 3. The van der Waals surface area contributed by atoms with Crippen LogP contribution in [-0.2, 0) is 6.18 Å². The van der Waals surface area contributed by atoms with E-state index in [2.05, 4.69) is 4.98 Å². The number of fused-ring (bicyclic) bond motifs is 1. The molecule has 0 bridgehead atoms. The Balaban J connectivity index is 1.94. The number of carbonyl (C=O) groups excluding carboxylic acids is 1. The molecule has 2 N–H and O–H groups in total. The third kappa shape index (κ3) is 3.78. The quantitative estimate of drug-likeness (QED) is 0.307. The van der Waals surface area contributed by atoms with Crippen LogP contribution in [0, 0.1) is 0 Å². The number of nitrogens with two attached hydrogens (primary N) is 1. The number of hydrogen-bond acceptors (Lipinski definition) is 4. The van der Waals surface area contributed by atoms with E-state index in [0.29, 0.717) is 5.69 Å². The van der Waals surface area contributed by atoms with Crippen LogP contribution in [0.25, 0.3) is 16.7 Å². The molecular weight excluding hydrogens is 409 g/mol. The highest BCUT2D eigenvalue weighted by Crippen LogP contribution is 2.30. The predicted molar refractivity (Wildman–Crippen MR) is 110 cm³/mol. The number of halogens is 3. The minimum atomic E-state index is -4.59. The highest BCUT2D eigenvalue weighted by Gasteiger charge is 2.31.